The van der Waals surface area contributed by atoms with Crippen LogP contribution in [0.3, 0.4) is 0 Å². The van der Waals surface area contributed by atoms with Gasteiger partial charge in [-0.1, -0.05) is 36.4 Å². The van der Waals surface area contributed by atoms with Gasteiger partial charge in [0.25, 0.3) is 23.6 Å². The van der Waals surface area contributed by atoms with Crippen LogP contribution in [-0.4, -0.2) is 202 Å². The Labute approximate surface area is 683 Å². The van der Waals surface area contributed by atoms with E-state index in [1.54, 1.807) is 89.0 Å². The molecule has 3 aliphatic carbocycles. The van der Waals surface area contributed by atoms with Crippen LogP contribution >= 0.6 is 0 Å². The molecule has 0 spiro atoms. The number of aromatic nitrogens is 10. The van der Waals surface area contributed by atoms with Crippen molar-refractivity contribution in [2.24, 2.45) is 0 Å². The molecule has 0 bridgehead atoms. The minimum absolute atomic E-state index is 0.0580. The fourth-order valence-corrected chi connectivity index (χ4v) is 14.7. The highest BCUT2D eigenvalue weighted by molar-refractivity contribution is 6.02. The molecule has 10 heterocycles. The van der Waals surface area contributed by atoms with Gasteiger partial charge in [0.2, 0.25) is 29.5 Å². The number of ether oxygens (including phenoxy) is 7. The summed E-state index contributed by atoms with van der Waals surface area (Å²) in [5.74, 6) is 5.17. The number of methoxy groups -OCH3 is 3. The van der Waals surface area contributed by atoms with Gasteiger partial charge in [0.15, 0.2) is 22.9 Å². The third kappa shape index (κ3) is 17.2. The van der Waals surface area contributed by atoms with E-state index < -0.39 is 0 Å². The first-order valence-corrected chi connectivity index (χ1v) is 39.6. The molecular formula is C88H90N18O13. The molecule has 3 saturated heterocycles. The Hall–Kier alpha value is -13.5. The lowest BCUT2D eigenvalue weighted by atomic mass is 10.0. The first-order valence-electron chi connectivity index (χ1n) is 39.6. The smallest absolute Gasteiger partial charge is 0.251 e. The number of carbonyl (C=O) groups excluding carboxylic acids is 4. The topological polar surface area (TPSA) is 373 Å². The maximum Gasteiger partial charge on any atom is 0.251 e. The Balaban J connectivity index is 0.000000128. The summed E-state index contributed by atoms with van der Waals surface area (Å²) in [4.78, 5) is 98.3. The molecule has 4 amide bonds. The van der Waals surface area contributed by atoms with Crippen LogP contribution in [0.5, 0.6) is 34.9 Å². The van der Waals surface area contributed by atoms with Crippen molar-refractivity contribution in [1.82, 2.24) is 80.9 Å². The van der Waals surface area contributed by atoms with Crippen LogP contribution < -0.4 is 60.3 Å². The van der Waals surface area contributed by atoms with Crippen molar-refractivity contribution in [1.29, 1.82) is 0 Å². The van der Waals surface area contributed by atoms with Gasteiger partial charge in [-0.25, -0.2) is 15.0 Å². The van der Waals surface area contributed by atoms with Gasteiger partial charge in [-0.3, -0.25) is 19.2 Å². The summed E-state index contributed by atoms with van der Waals surface area (Å²) < 4.78 is 52.2. The predicted molar refractivity (Wildman–Crippen MR) is 447 cm³/mol. The quantitative estimate of drug-likeness (QED) is 0.0263. The maximum absolute atomic E-state index is 12.7. The van der Waals surface area contributed by atoms with Gasteiger partial charge in [-0.2, -0.15) is 24.9 Å². The number of allylic oxidation sites excluding steroid dienone is 1. The third-order valence-corrected chi connectivity index (χ3v) is 21.1. The molecule has 0 atom stereocenters. The molecule has 31 nitrogen and oxygen atoms in total. The number of fused-ring (bicyclic) bond motifs is 5. The van der Waals surface area contributed by atoms with Crippen molar-refractivity contribution in [2.45, 2.75) is 103 Å². The lowest BCUT2D eigenvalue weighted by Gasteiger charge is -2.36. The van der Waals surface area contributed by atoms with Crippen molar-refractivity contribution < 1.29 is 61.2 Å². The number of likely N-dealkylation sites (N-methyl/N-ethyl adjacent to an activating group) is 2. The van der Waals surface area contributed by atoms with Crippen LogP contribution in [0.1, 0.15) is 121 Å². The number of H-pyrrole nitrogens is 2. The average molecular weight is 1610 g/mol. The van der Waals surface area contributed by atoms with Gasteiger partial charge >= 0.3 is 0 Å². The van der Waals surface area contributed by atoms with Crippen molar-refractivity contribution in [3.8, 4) is 57.1 Å². The number of nitrogens with zero attached hydrogens (tertiary/aromatic N) is 10. The normalized spacial score (nSPS) is 15.3. The van der Waals surface area contributed by atoms with Crippen LogP contribution in [0.2, 0.25) is 0 Å². The molecule has 3 aliphatic heterocycles. The van der Waals surface area contributed by atoms with Gasteiger partial charge in [-0.05, 0) is 161 Å². The Kier molecular flexibility index (Phi) is 21.8. The van der Waals surface area contributed by atoms with E-state index in [4.69, 9.17) is 71.9 Å². The summed E-state index contributed by atoms with van der Waals surface area (Å²) >= 11 is 0. The number of aromatic amines is 2. The SMILES string of the molecule is CNC(=O)c1ccc(-c2c[nH]c3nc(Nc4ccc(C(=O)NC5CN(C)C5)cc4OC)nc(OC4CC4)c23)cc1.COc1cc(C(=O)NC2CN(C)C2)ccc1Nc1nc(OC2CC2)c2c(-c3ccc4nc(C)oc4c3)c[nH]c2n1.COc1cc(C(=O)NC2COC2)ccc1Cc1nc2c(c(OC(C)C)n1)C(c1ccc3nc(C)oc3c1)=CC2. The molecule has 31 heteroatoms. The molecule has 2 saturated carbocycles. The number of rotatable bonds is 25. The van der Waals surface area contributed by atoms with Crippen molar-refractivity contribution in [3.05, 3.63) is 196 Å². The molecule has 610 valence electrons. The number of benzene rings is 6. The van der Waals surface area contributed by atoms with E-state index in [9.17, 15) is 19.2 Å². The fraction of sp³-hybridized carbons (Fsp3) is 0.318. The first kappa shape index (κ1) is 78.0. The summed E-state index contributed by atoms with van der Waals surface area (Å²) in [6.45, 7) is 12.1. The van der Waals surface area contributed by atoms with Crippen LogP contribution in [0, 0.1) is 13.8 Å². The number of oxazole rings is 2. The molecule has 6 aliphatic rings. The van der Waals surface area contributed by atoms with Crippen molar-refractivity contribution in [2.75, 3.05) is 92.5 Å². The Morgan fingerprint density at radius 2 is 1.00 bits per heavy atom. The van der Waals surface area contributed by atoms with Crippen LogP contribution in [0.15, 0.2) is 143 Å². The molecule has 8 N–H and O–H groups in total. The van der Waals surface area contributed by atoms with E-state index in [-0.39, 0.29) is 60.1 Å². The molecule has 0 unspecified atom stereocenters. The van der Waals surface area contributed by atoms with Crippen LogP contribution in [0.4, 0.5) is 23.3 Å². The molecular weight excluding hydrogens is 1520 g/mol. The zero-order valence-corrected chi connectivity index (χ0v) is 67.4. The van der Waals surface area contributed by atoms with Gasteiger partial charge < -0.3 is 93.7 Å². The lowest BCUT2D eigenvalue weighted by molar-refractivity contribution is -0.00346. The van der Waals surface area contributed by atoms with E-state index in [1.807, 2.05) is 109 Å². The molecule has 19 rings (SSSR count). The van der Waals surface area contributed by atoms with E-state index in [0.29, 0.717) is 135 Å². The highest BCUT2D eigenvalue weighted by Crippen LogP contribution is 2.44. The molecule has 6 aromatic carbocycles. The summed E-state index contributed by atoms with van der Waals surface area (Å²) in [6, 6.07) is 35.6. The highest BCUT2D eigenvalue weighted by Gasteiger charge is 2.33. The molecule has 7 aromatic heterocycles. The number of nitrogens with one attached hydrogen (secondary N) is 8. The number of amides is 4. The number of carbonyl (C=O) groups is 4. The minimum atomic E-state index is -0.146. The molecule has 5 fully saturated rings. The van der Waals surface area contributed by atoms with Crippen molar-refractivity contribution >= 4 is 96.7 Å². The fourth-order valence-electron chi connectivity index (χ4n) is 14.7. The Bertz CT molecular complexity index is 6090. The maximum atomic E-state index is 12.7. The second-order valence-corrected chi connectivity index (χ2v) is 30.7. The predicted octanol–water partition coefficient (Wildman–Crippen LogP) is 12.2. The number of hydrogen-bond acceptors (Lipinski definition) is 25. The zero-order chi connectivity index (χ0) is 82.3. The van der Waals surface area contributed by atoms with Gasteiger partial charge in [0.05, 0.1) is 92.2 Å². The standard InChI is InChI=1S/C30H30N4O5.C29H29N7O4.C29H31N7O4/c1-16(2)38-30-28-22(18-7-9-23-26(11-18)39-17(3)31-23)8-10-24(28)33-27(34-30)13-19-5-6-20(12-25(19)36-4)29(35)32-21-14-37-15-21;1-15-31-22-8-4-16(10-24(22)39-15)20-12-30-26-25(20)28(40-19-6-7-19)35-29(34-26)33-21-9-5-17(11-23(21)38-3)27(37)32-18-13-36(2)14-18;1-30-26(37)17-6-4-16(5-7-17)21-13-31-25-24(21)28(40-20-9-10-20)35-29(34-25)33-22-11-8-18(12-23(22)39-3)27(38)32-19-14-36(2)15-19/h5-9,11-12,16,21H,10,13-15H2,1-4H3,(H,32,35);4-5,8-12,18-19H,6-7,13-14H2,1-3H3,(H,32,37)(H2,30,33,34,35);4-8,11-13,19-20H,9-10,14-15H2,1-3H3,(H,30,37)(H,32,38)(H2,31,33,34,35). The van der Waals surface area contributed by atoms with Gasteiger partial charge in [-0.15, -0.1) is 0 Å². The second kappa shape index (κ2) is 33.2. The summed E-state index contributed by atoms with van der Waals surface area (Å²) in [6.07, 6.45) is 11.2. The van der Waals surface area contributed by atoms with Crippen LogP contribution in [0.25, 0.3) is 72.1 Å². The Morgan fingerprint density at radius 1 is 0.521 bits per heavy atom. The number of aryl methyl sites for hydroxylation is 2. The lowest BCUT2D eigenvalue weighted by Crippen LogP contribution is -2.57. The summed E-state index contributed by atoms with van der Waals surface area (Å²) in [7, 11) is 10.4. The molecule has 119 heavy (non-hydrogen) atoms. The second-order valence-electron chi connectivity index (χ2n) is 30.7. The van der Waals surface area contributed by atoms with Crippen LogP contribution in [-0.2, 0) is 17.6 Å². The van der Waals surface area contributed by atoms with Crippen molar-refractivity contribution in [3.63, 3.8) is 0 Å². The average Bonchev–Trinajstić information content (AvgIpc) is 1.64. The molecule has 13 aromatic rings. The third-order valence-electron chi connectivity index (χ3n) is 21.1. The first-order chi connectivity index (χ1) is 57.7. The Morgan fingerprint density at radius 3 is 1.49 bits per heavy atom. The van der Waals surface area contributed by atoms with E-state index in [1.165, 1.54) is 0 Å². The van der Waals surface area contributed by atoms with E-state index in [0.717, 1.165) is 135 Å². The van der Waals surface area contributed by atoms with E-state index >= 15 is 0 Å². The van der Waals surface area contributed by atoms with E-state index in [2.05, 4.69) is 67.7 Å². The van der Waals surface area contributed by atoms with Gasteiger partial charge in [0, 0.05) is 111 Å². The molecule has 0 radical (unpaired) electrons. The summed E-state index contributed by atoms with van der Waals surface area (Å²) in [5, 5.41) is 19.7. The van der Waals surface area contributed by atoms with Gasteiger partial charge in [0.1, 0.15) is 57.6 Å². The summed E-state index contributed by atoms with van der Waals surface area (Å²) in [5.41, 5.74) is 16.2. The monoisotopic (exact) mass is 1610 g/mol. The largest absolute Gasteiger partial charge is 0.496 e. The number of anilines is 4. The highest BCUT2D eigenvalue weighted by atomic mass is 16.5. The zero-order valence-electron chi connectivity index (χ0n) is 67.4. The number of hydrogen-bond donors (Lipinski definition) is 8. The minimum Gasteiger partial charge on any atom is -0.496 e. The number of likely N-dealkylation sites (tertiary alicyclic amines) is 2.